The molecule has 0 aliphatic heterocycles. The number of rotatable bonds is 7. The van der Waals surface area contributed by atoms with Crippen LogP contribution in [0.5, 0.6) is 0 Å². The summed E-state index contributed by atoms with van der Waals surface area (Å²) in [7, 11) is 3.32. The number of nitrogens with zero attached hydrogens (tertiary/aromatic N) is 3. The van der Waals surface area contributed by atoms with Gasteiger partial charge in [-0.25, -0.2) is 4.79 Å². The fourth-order valence-corrected chi connectivity index (χ4v) is 3.10. The molecule has 0 bridgehead atoms. The highest BCUT2D eigenvalue weighted by atomic mass is 16.6. The summed E-state index contributed by atoms with van der Waals surface area (Å²) in [5.41, 5.74) is 3.48. The Hall–Kier alpha value is -3.59. The van der Waals surface area contributed by atoms with Crippen LogP contribution in [0.25, 0.3) is 5.82 Å². The lowest BCUT2D eigenvalue weighted by atomic mass is 10.2. The van der Waals surface area contributed by atoms with E-state index < -0.39 is 6.09 Å². The number of ether oxygens (including phenoxy) is 2. The van der Waals surface area contributed by atoms with Gasteiger partial charge >= 0.3 is 6.09 Å². The molecule has 0 radical (unpaired) electrons. The summed E-state index contributed by atoms with van der Waals surface area (Å²) >= 11 is 0. The van der Waals surface area contributed by atoms with Gasteiger partial charge in [-0.2, -0.15) is 5.10 Å². The fourth-order valence-electron chi connectivity index (χ4n) is 3.10. The molecular weight excluding hydrogens is 386 g/mol. The summed E-state index contributed by atoms with van der Waals surface area (Å²) in [6.07, 6.45) is 0.947. The number of aryl methyl sites for hydroxylation is 3. The lowest BCUT2D eigenvalue weighted by Crippen LogP contribution is -2.18. The number of benzene rings is 1. The van der Waals surface area contributed by atoms with Crippen molar-refractivity contribution in [3.05, 3.63) is 59.5 Å². The molecule has 2 amide bonds. The molecule has 158 valence electrons. The van der Waals surface area contributed by atoms with Crippen LogP contribution in [0.3, 0.4) is 0 Å². The number of methoxy groups -OCH3 is 1. The summed E-state index contributed by atoms with van der Waals surface area (Å²) in [6, 6.07) is 10.8. The number of aromatic nitrogens is 3. The molecule has 2 heterocycles. The van der Waals surface area contributed by atoms with E-state index in [0.717, 1.165) is 11.4 Å². The Morgan fingerprint density at radius 3 is 2.37 bits per heavy atom. The van der Waals surface area contributed by atoms with E-state index in [4.69, 9.17) is 9.47 Å². The molecule has 2 aromatic heterocycles. The number of carbonyl (C=O) groups excluding carboxylic acids is 2. The smallest absolute Gasteiger partial charge is 0.411 e. The molecule has 0 saturated heterocycles. The lowest BCUT2D eigenvalue weighted by molar-refractivity contribution is 0.102. The number of nitrogens with one attached hydrogen (secondary N) is 2. The first-order valence-electron chi connectivity index (χ1n) is 9.42. The molecule has 3 aromatic rings. The summed E-state index contributed by atoms with van der Waals surface area (Å²) in [5, 5.41) is 9.74. The second-order valence-corrected chi connectivity index (χ2v) is 6.75. The van der Waals surface area contributed by atoms with Crippen molar-refractivity contribution in [1.29, 1.82) is 0 Å². The molecular formula is C21H25N5O4. The third-order valence-corrected chi connectivity index (χ3v) is 4.52. The summed E-state index contributed by atoms with van der Waals surface area (Å²) < 4.78 is 13.5. The molecule has 0 spiro atoms. The van der Waals surface area contributed by atoms with Gasteiger partial charge in [-0.05, 0) is 44.2 Å². The largest absolute Gasteiger partial charge is 0.447 e. The molecule has 0 saturated carbocycles. The first-order chi connectivity index (χ1) is 14.4. The highest BCUT2D eigenvalue weighted by Gasteiger charge is 2.20. The molecule has 0 atom stereocenters. The van der Waals surface area contributed by atoms with Crippen LogP contribution in [0.2, 0.25) is 0 Å². The van der Waals surface area contributed by atoms with Gasteiger partial charge in [0.1, 0.15) is 18.0 Å². The molecule has 9 heteroatoms. The van der Waals surface area contributed by atoms with Crippen LogP contribution in [0.1, 0.15) is 21.7 Å². The van der Waals surface area contributed by atoms with Gasteiger partial charge in [0, 0.05) is 36.9 Å². The van der Waals surface area contributed by atoms with Crippen LogP contribution >= 0.6 is 0 Å². The van der Waals surface area contributed by atoms with Crippen molar-refractivity contribution < 1.29 is 19.1 Å². The Morgan fingerprint density at radius 2 is 1.70 bits per heavy atom. The normalized spacial score (nSPS) is 10.7. The number of amides is 2. The van der Waals surface area contributed by atoms with Crippen molar-refractivity contribution in [2.75, 3.05) is 31.0 Å². The van der Waals surface area contributed by atoms with Crippen LogP contribution in [0.15, 0.2) is 42.6 Å². The minimum Gasteiger partial charge on any atom is -0.447 e. The third kappa shape index (κ3) is 4.69. The maximum Gasteiger partial charge on any atom is 0.411 e. The molecule has 9 nitrogen and oxygen atoms in total. The number of anilines is 2. The Morgan fingerprint density at radius 1 is 1.03 bits per heavy atom. The maximum atomic E-state index is 13.0. The molecule has 30 heavy (non-hydrogen) atoms. The van der Waals surface area contributed by atoms with E-state index in [0.29, 0.717) is 29.4 Å². The monoisotopic (exact) mass is 411 g/mol. The number of hydrogen-bond acceptors (Lipinski definition) is 5. The SMILES string of the molecule is COCCOC(=O)Nc1cccc(NC(=O)c2cnn(C)c2-n2c(C)ccc2C)c1. The zero-order valence-corrected chi connectivity index (χ0v) is 17.4. The quantitative estimate of drug-likeness (QED) is 0.581. The Kier molecular flexibility index (Phi) is 6.53. The van der Waals surface area contributed by atoms with Crippen LogP contribution in [-0.2, 0) is 16.5 Å². The highest BCUT2D eigenvalue weighted by Crippen LogP contribution is 2.22. The van der Waals surface area contributed by atoms with E-state index in [1.54, 1.807) is 42.2 Å². The van der Waals surface area contributed by atoms with Crippen molar-refractivity contribution in [3.8, 4) is 5.82 Å². The Labute approximate surface area is 174 Å². The van der Waals surface area contributed by atoms with Gasteiger partial charge < -0.3 is 19.4 Å². The summed E-state index contributed by atoms with van der Waals surface area (Å²) in [6.45, 7) is 4.42. The van der Waals surface area contributed by atoms with Crippen molar-refractivity contribution in [2.45, 2.75) is 13.8 Å². The van der Waals surface area contributed by atoms with E-state index >= 15 is 0 Å². The lowest BCUT2D eigenvalue weighted by Gasteiger charge is -2.13. The van der Waals surface area contributed by atoms with Crippen LogP contribution < -0.4 is 10.6 Å². The average molecular weight is 411 g/mol. The standard InChI is InChI=1S/C21H25N5O4/c1-14-8-9-15(2)26(14)20-18(13-22-25(20)3)19(27)23-16-6-5-7-17(12-16)24-21(28)30-11-10-29-4/h5-9,12-13H,10-11H2,1-4H3,(H,23,27)(H,24,28). The molecule has 0 aliphatic carbocycles. The zero-order chi connectivity index (χ0) is 21.7. The van der Waals surface area contributed by atoms with Gasteiger partial charge in [0.2, 0.25) is 0 Å². The molecule has 0 unspecified atom stereocenters. The molecule has 3 rings (SSSR count). The summed E-state index contributed by atoms with van der Waals surface area (Å²) in [5.74, 6) is 0.383. The molecule has 0 aliphatic rings. The van der Waals surface area contributed by atoms with Crippen molar-refractivity contribution >= 4 is 23.4 Å². The predicted molar refractivity (Wildman–Crippen MR) is 113 cm³/mol. The van der Waals surface area contributed by atoms with E-state index in [9.17, 15) is 9.59 Å². The first-order valence-corrected chi connectivity index (χ1v) is 9.42. The highest BCUT2D eigenvalue weighted by molar-refractivity contribution is 6.06. The minimum atomic E-state index is -0.594. The van der Waals surface area contributed by atoms with E-state index in [1.165, 1.54) is 7.11 Å². The second kappa shape index (κ2) is 9.27. The van der Waals surface area contributed by atoms with Crippen molar-refractivity contribution in [1.82, 2.24) is 14.3 Å². The molecule has 2 N–H and O–H groups in total. The summed E-state index contributed by atoms with van der Waals surface area (Å²) in [4.78, 5) is 24.8. The second-order valence-electron chi connectivity index (χ2n) is 6.75. The first kappa shape index (κ1) is 21.1. The van der Waals surface area contributed by atoms with Gasteiger partial charge in [-0.15, -0.1) is 0 Å². The van der Waals surface area contributed by atoms with E-state index in [2.05, 4.69) is 15.7 Å². The molecule has 0 fully saturated rings. The van der Waals surface area contributed by atoms with Gasteiger partial charge in [0.15, 0.2) is 0 Å². The minimum absolute atomic E-state index is 0.154. The van der Waals surface area contributed by atoms with Gasteiger partial charge in [-0.3, -0.25) is 14.8 Å². The third-order valence-electron chi connectivity index (χ3n) is 4.52. The topological polar surface area (TPSA) is 99.4 Å². The Bertz CT molecular complexity index is 1030. The van der Waals surface area contributed by atoms with Crippen LogP contribution in [0, 0.1) is 13.8 Å². The van der Waals surface area contributed by atoms with Crippen LogP contribution in [0.4, 0.5) is 16.2 Å². The van der Waals surface area contributed by atoms with Crippen LogP contribution in [-0.4, -0.2) is 46.7 Å². The van der Waals surface area contributed by atoms with Crippen molar-refractivity contribution in [3.63, 3.8) is 0 Å². The maximum absolute atomic E-state index is 13.0. The zero-order valence-electron chi connectivity index (χ0n) is 17.4. The van der Waals surface area contributed by atoms with Gasteiger partial charge in [-0.1, -0.05) is 6.07 Å². The van der Waals surface area contributed by atoms with Gasteiger partial charge in [0.05, 0.1) is 12.8 Å². The fraction of sp³-hybridized carbons (Fsp3) is 0.286. The number of carbonyl (C=O) groups is 2. The average Bonchev–Trinajstić information content (AvgIpc) is 3.23. The van der Waals surface area contributed by atoms with E-state index in [1.807, 2.05) is 30.5 Å². The number of hydrogen-bond donors (Lipinski definition) is 2. The Balaban J connectivity index is 1.76. The van der Waals surface area contributed by atoms with Gasteiger partial charge in [0.25, 0.3) is 5.91 Å². The molecule has 1 aromatic carbocycles. The van der Waals surface area contributed by atoms with E-state index in [-0.39, 0.29) is 12.5 Å². The van der Waals surface area contributed by atoms with Crippen molar-refractivity contribution in [2.24, 2.45) is 7.05 Å². The predicted octanol–water partition coefficient (Wildman–Crippen LogP) is 3.27.